The number of hydrogen-bond donors (Lipinski definition) is 1. The van der Waals surface area contributed by atoms with E-state index in [-0.39, 0.29) is 0 Å². The molecule has 0 spiro atoms. The highest BCUT2D eigenvalue weighted by Crippen LogP contribution is 2.22. The van der Waals surface area contributed by atoms with E-state index in [1.165, 1.54) is 5.56 Å². The Morgan fingerprint density at radius 3 is 2.34 bits per heavy atom. The molecule has 0 aliphatic carbocycles. The van der Waals surface area contributed by atoms with Crippen molar-refractivity contribution < 1.29 is 9.63 Å². The monoisotopic (exact) mass is 383 g/mol. The summed E-state index contributed by atoms with van der Waals surface area (Å²) in [5.41, 5.74) is 4.86. The van der Waals surface area contributed by atoms with Crippen molar-refractivity contribution in [1.82, 2.24) is 14.7 Å². The summed E-state index contributed by atoms with van der Waals surface area (Å²) in [6, 6.07) is 18.0. The Hall–Kier alpha value is -3.62. The van der Waals surface area contributed by atoms with Crippen LogP contribution in [0.4, 0.5) is 0 Å². The molecule has 0 saturated carbocycles. The van der Waals surface area contributed by atoms with Gasteiger partial charge in [0.25, 0.3) is 0 Å². The highest BCUT2D eigenvalue weighted by molar-refractivity contribution is 5.59. The van der Waals surface area contributed by atoms with Gasteiger partial charge in [0.15, 0.2) is 5.76 Å². The van der Waals surface area contributed by atoms with Crippen LogP contribution in [0.1, 0.15) is 41.2 Å². The van der Waals surface area contributed by atoms with Gasteiger partial charge in [0.2, 0.25) is 0 Å². The van der Waals surface area contributed by atoms with Gasteiger partial charge in [-0.3, -0.25) is 0 Å². The molecule has 144 valence electrons. The van der Waals surface area contributed by atoms with Crippen molar-refractivity contribution in [3.8, 4) is 23.2 Å². The number of imidazole rings is 1. The van der Waals surface area contributed by atoms with Crippen molar-refractivity contribution in [2.24, 2.45) is 0 Å². The van der Waals surface area contributed by atoms with Gasteiger partial charge in [-0.15, -0.1) is 0 Å². The molecule has 0 amide bonds. The summed E-state index contributed by atoms with van der Waals surface area (Å²) in [5.74, 6) is 7.65. The summed E-state index contributed by atoms with van der Waals surface area (Å²) < 4.78 is 7.36. The van der Waals surface area contributed by atoms with Crippen LogP contribution < -0.4 is 0 Å². The summed E-state index contributed by atoms with van der Waals surface area (Å²) in [6.45, 7) is 4.24. The Morgan fingerprint density at radius 1 is 1.03 bits per heavy atom. The summed E-state index contributed by atoms with van der Waals surface area (Å²) in [6.07, 6.45) is 2.85. The fourth-order valence-electron chi connectivity index (χ4n) is 3.02. The summed E-state index contributed by atoms with van der Waals surface area (Å²) in [5, 5.41) is 13.9. The normalized spacial score (nSPS) is 11.7. The number of aliphatic hydroxyl groups excluding tert-OH is 1. The number of hydrogen-bond acceptors (Lipinski definition) is 4. The van der Waals surface area contributed by atoms with Crippen molar-refractivity contribution in [3.63, 3.8) is 0 Å². The van der Waals surface area contributed by atoms with Gasteiger partial charge < -0.3 is 14.2 Å². The molecular formula is C24H21N3O2. The van der Waals surface area contributed by atoms with Crippen LogP contribution in [-0.4, -0.2) is 19.8 Å². The molecule has 0 bridgehead atoms. The second-order valence-electron chi connectivity index (χ2n) is 6.97. The van der Waals surface area contributed by atoms with E-state index >= 15 is 0 Å². The summed E-state index contributed by atoms with van der Waals surface area (Å²) >= 11 is 0. The van der Waals surface area contributed by atoms with E-state index < -0.39 is 6.10 Å². The summed E-state index contributed by atoms with van der Waals surface area (Å²) in [7, 11) is 0. The zero-order valence-electron chi connectivity index (χ0n) is 16.3. The first-order valence-corrected chi connectivity index (χ1v) is 9.42. The van der Waals surface area contributed by atoms with Crippen LogP contribution in [0.15, 0.2) is 71.5 Å². The smallest absolute Gasteiger partial charge is 0.167 e. The number of aliphatic hydroxyl groups is 1. The molecule has 5 nitrogen and oxygen atoms in total. The molecule has 0 aliphatic rings. The molecule has 4 rings (SSSR count). The second-order valence-corrected chi connectivity index (χ2v) is 6.97. The standard InChI is InChI=1S/C24H21N3O2/c1-17-3-5-19(6-4-17)7-8-20-9-11-21(12-10-20)23-15-22(26-29-23)16-27-14-13-25-24(27)18(2)28/h3-6,9-15,18,28H,16H2,1-2H3/t18-/m0/s1. The predicted octanol–water partition coefficient (Wildman–Crippen LogP) is 4.35. The van der Waals surface area contributed by atoms with Crippen molar-refractivity contribution in [3.05, 3.63) is 95.2 Å². The fraction of sp³-hybridized carbons (Fsp3) is 0.167. The minimum absolute atomic E-state index is 0.490. The average Bonchev–Trinajstić information content (AvgIpc) is 3.38. The maximum Gasteiger partial charge on any atom is 0.167 e. The molecule has 0 fully saturated rings. The molecule has 4 aromatic rings. The summed E-state index contributed by atoms with van der Waals surface area (Å²) in [4.78, 5) is 4.17. The van der Waals surface area contributed by atoms with Crippen molar-refractivity contribution >= 4 is 0 Å². The van der Waals surface area contributed by atoms with Gasteiger partial charge in [0, 0.05) is 35.2 Å². The maximum atomic E-state index is 9.77. The Morgan fingerprint density at radius 2 is 1.69 bits per heavy atom. The van der Waals surface area contributed by atoms with Crippen LogP contribution in [-0.2, 0) is 6.54 Å². The van der Waals surface area contributed by atoms with E-state index in [1.807, 2.05) is 53.2 Å². The molecule has 2 aromatic heterocycles. The molecule has 1 atom stereocenters. The Labute approximate surface area is 169 Å². The van der Waals surface area contributed by atoms with Crippen LogP contribution >= 0.6 is 0 Å². The van der Waals surface area contributed by atoms with Gasteiger partial charge in [-0.2, -0.15) is 0 Å². The molecule has 1 N–H and O–H groups in total. The molecule has 2 aromatic carbocycles. The highest BCUT2D eigenvalue weighted by atomic mass is 16.5. The fourth-order valence-corrected chi connectivity index (χ4v) is 3.02. The minimum atomic E-state index is -0.634. The molecule has 0 aliphatic heterocycles. The molecule has 29 heavy (non-hydrogen) atoms. The van der Waals surface area contributed by atoms with E-state index in [0.717, 1.165) is 22.4 Å². The third-order valence-electron chi connectivity index (χ3n) is 4.58. The van der Waals surface area contributed by atoms with Crippen LogP contribution in [0, 0.1) is 18.8 Å². The quantitative estimate of drug-likeness (QED) is 0.532. The van der Waals surface area contributed by atoms with E-state index in [9.17, 15) is 5.11 Å². The van der Waals surface area contributed by atoms with Gasteiger partial charge in [-0.25, -0.2) is 4.98 Å². The highest BCUT2D eigenvalue weighted by Gasteiger charge is 2.12. The number of benzene rings is 2. The number of aromatic nitrogens is 3. The second kappa shape index (κ2) is 8.17. The van der Waals surface area contributed by atoms with Crippen LogP contribution in [0.2, 0.25) is 0 Å². The zero-order chi connectivity index (χ0) is 20.2. The van der Waals surface area contributed by atoms with Gasteiger partial charge in [-0.1, -0.05) is 34.7 Å². The lowest BCUT2D eigenvalue weighted by Gasteiger charge is -2.07. The lowest BCUT2D eigenvalue weighted by molar-refractivity contribution is 0.184. The zero-order valence-corrected chi connectivity index (χ0v) is 16.3. The first-order valence-electron chi connectivity index (χ1n) is 9.42. The first kappa shape index (κ1) is 18.7. The van der Waals surface area contributed by atoms with E-state index in [2.05, 4.69) is 41.0 Å². The van der Waals surface area contributed by atoms with Gasteiger partial charge in [0.1, 0.15) is 17.6 Å². The lowest BCUT2D eigenvalue weighted by Crippen LogP contribution is -2.07. The Balaban J connectivity index is 1.47. The number of nitrogens with zero attached hydrogens (tertiary/aromatic N) is 3. The van der Waals surface area contributed by atoms with E-state index in [0.29, 0.717) is 18.1 Å². The van der Waals surface area contributed by atoms with Crippen molar-refractivity contribution in [2.75, 3.05) is 0 Å². The Bertz CT molecular complexity index is 1160. The molecule has 0 radical (unpaired) electrons. The third kappa shape index (κ3) is 4.45. The minimum Gasteiger partial charge on any atom is -0.385 e. The SMILES string of the molecule is Cc1ccc(C#Cc2ccc(-c3cc(Cn4ccnc4[C@H](C)O)no3)cc2)cc1. The first-order chi connectivity index (χ1) is 14.1. The predicted molar refractivity (Wildman–Crippen MR) is 111 cm³/mol. The average molecular weight is 383 g/mol. The van der Waals surface area contributed by atoms with Crippen molar-refractivity contribution in [1.29, 1.82) is 0 Å². The number of rotatable bonds is 4. The maximum absolute atomic E-state index is 9.77. The van der Waals surface area contributed by atoms with E-state index in [4.69, 9.17) is 4.52 Å². The number of aryl methyl sites for hydroxylation is 1. The molecule has 0 unspecified atom stereocenters. The largest absolute Gasteiger partial charge is 0.385 e. The van der Waals surface area contributed by atoms with Crippen LogP contribution in [0.5, 0.6) is 0 Å². The third-order valence-corrected chi connectivity index (χ3v) is 4.58. The van der Waals surface area contributed by atoms with Crippen LogP contribution in [0.3, 0.4) is 0 Å². The van der Waals surface area contributed by atoms with Gasteiger partial charge >= 0.3 is 0 Å². The van der Waals surface area contributed by atoms with Crippen molar-refractivity contribution in [2.45, 2.75) is 26.5 Å². The molecule has 2 heterocycles. The molecular weight excluding hydrogens is 362 g/mol. The van der Waals surface area contributed by atoms with Gasteiger partial charge in [-0.05, 0) is 50.2 Å². The van der Waals surface area contributed by atoms with Crippen LogP contribution in [0.25, 0.3) is 11.3 Å². The van der Waals surface area contributed by atoms with E-state index in [1.54, 1.807) is 13.1 Å². The lowest BCUT2D eigenvalue weighted by atomic mass is 10.1. The Kier molecular flexibility index (Phi) is 5.28. The van der Waals surface area contributed by atoms with Gasteiger partial charge in [0.05, 0.1) is 6.54 Å². The topological polar surface area (TPSA) is 64.1 Å². The molecule has 0 saturated heterocycles. The molecule has 5 heteroatoms.